The summed E-state index contributed by atoms with van der Waals surface area (Å²) in [5, 5.41) is 14.0. The number of aryl methyl sites for hydroxylation is 1. The van der Waals surface area contributed by atoms with E-state index < -0.39 is 11.4 Å². The first kappa shape index (κ1) is 13.1. The van der Waals surface area contributed by atoms with Crippen LogP contribution in [0.1, 0.15) is 36.1 Å². The van der Waals surface area contributed by atoms with Gasteiger partial charge < -0.3 is 10.4 Å². The van der Waals surface area contributed by atoms with E-state index >= 15 is 0 Å². The van der Waals surface area contributed by atoms with Crippen LogP contribution < -0.4 is 5.32 Å². The smallest absolute Gasteiger partial charge is 0.310 e. The van der Waals surface area contributed by atoms with Crippen LogP contribution in [0.15, 0.2) is 11.4 Å². The minimum atomic E-state index is -0.837. The average molecular weight is 267 g/mol. The van der Waals surface area contributed by atoms with Gasteiger partial charge in [-0.15, -0.1) is 11.3 Å². The van der Waals surface area contributed by atoms with Gasteiger partial charge >= 0.3 is 5.97 Å². The molecule has 0 radical (unpaired) electrons. The number of hydrogen-bond acceptors (Lipinski definition) is 3. The Morgan fingerprint density at radius 2 is 2.22 bits per heavy atom. The Hall–Kier alpha value is -1.36. The summed E-state index contributed by atoms with van der Waals surface area (Å²) in [7, 11) is 0. The summed E-state index contributed by atoms with van der Waals surface area (Å²) >= 11 is 1.60. The molecule has 2 rings (SSSR count). The van der Waals surface area contributed by atoms with E-state index in [9.17, 15) is 9.59 Å². The molecule has 1 aliphatic rings. The van der Waals surface area contributed by atoms with E-state index in [1.165, 1.54) is 0 Å². The number of thiophene rings is 1. The number of carboxylic acids is 1. The molecule has 0 aromatic carbocycles. The van der Waals surface area contributed by atoms with Crippen LogP contribution in [0.5, 0.6) is 0 Å². The second-order valence-electron chi connectivity index (χ2n) is 4.92. The van der Waals surface area contributed by atoms with Crippen LogP contribution in [0.3, 0.4) is 0 Å². The molecule has 1 aliphatic carbocycles. The highest BCUT2D eigenvalue weighted by molar-refractivity contribution is 7.10. The molecule has 1 saturated carbocycles. The van der Waals surface area contributed by atoms with E-state index in [2.05, 4.69) is 5.32 Å². The number of aliphatic carboxylic acids is 1. The predicted octanol–water partition coefficient (Wildman–Crippen LogP) is 2.32. The minimum absolute atomic E-state index is 0.104. The summed E-state index contributed by atoms with van der Waals surface area (Å²) in [6.45, 7) is 2.50. The second kappa shape index (κ2) is 5.10. The van der Waals surface area contributed by atoms with E-state index in [0.29, 0.717) is 19.4 Å². The van der Waals surface area contributed by atoms with Crippen LogP contribution in [0.25, 0.3) is 0 Å². The molecule has 1 fully saturated rings. The van der Waals surface area contributed by atoms with Crippen LogP contribution in [-0.4, -0.2) is 17.0 Å². The normalized spacial score (nSPS) is 16.9. The second-order valence-corrected chi connectivity index (χ2v) is 5.92. The van der Waals surface area contributed by atoms with Gasteiger partial charge in [0.25, 0.3) is 0 Å². The van der Waals surface area contributed by atoms with Gasteiger partial charge in [0, 0.05) is 11.3 Å². The number of rotatable bonds is 5. The van der Waals surface area contributed by atoms with E-state index in [-0.39, 0.29) is 12.3 Å². The molecule has 0 saturated heterocycles. The lowest BCUT2D eigenvalue weighted by atomic mass is 9.66. The van der Waals surface area contributed by atoms with Gasteiger partial charge in [0.05, 0.1) is 12.0 Å². The van der Waals surface area contributed by atoms with Gasteiger partial charge in [0.15, 0.2) is 0 Å². The van der Waals surface area contributed by atoms with Crippen molar-refractivity contribution in [3.63, 3.8) is 0 Å². The predicted molar refractivity (Wildman–Crippen MR) is 69.4 cm³/mol. The maximum Gasteiger partial charge on any atom is 0.310 e. The molecule has 2 N–H and O–H groups in total. The van der Waals surface area contributed by atoms with Crippen LogP contribution in [0.2, 0.25) is 0 Å². The first-order valence-corrected chi connectivity index (χ1v) is 6.94. The molecule has 98 valence electrons. The van der Waals surface area contributed by atoms with Crippen LogP contribution in [-0.2, 0) is 16.1 Å². The number of carbonyl (C=O) groups is 2. The van der Waals surface area contributed by atoms with Gasteiger partial charge in [0.1, 0.15) is 0 Å². The highest BCUT2D eigenvalue weighted by Crippen LogP contribution is 2.44. The molecule has 1 aromatic rings. The van der Waals surface area contributed by atoms with Gasteiger partial charge in [-0.2, -0.15) is 0 Å². The highest BCUT2D eigenvalue weighted by atomic mass is 32.1. The summed E-state index contributed by atoms with van der Waals surface area (Å²) in [5.74, 6) is -0.999. The standard InChI is InChI=1S/C13H17NO3S/c1-9-3-6-18-10(9)8-14-11(15)7-13(12(16)17)4-2-5-13/h3,6H,2,4-5,7-8H2,1H3,(H,14,15)(H,16,17). The maximum atomic E-state index is 11.8. The largest absolute Gasteiger partial charge is 0.481 e. The van der Waals surface area contributed by atoms with Gasteiger partial charge in [0.2, 0.25) is 5.91 Å². The minimum Gasteiger partial charge on any atom is -0.481 e. The molecule has 5 heteroatoms. The fraction of sp³-hybridized carbons (Fsp3) is 0.538. The molecular formula is C13H17NO3S. The van der Waals surface area contributed by atoms with Crippen LogP contribution >= 0.6 is 11.3 Å². The molecule has 1 heterocycles. The summed E-state index contributed by atoms with van der Waals surface area (Å²) < 4.78 is 0. The molecular weight excluding hydrogens is 250 g/mol. The molecule has 0 atom stereocenters. The Balaban J connectivity index is 1.86. The van der Waals surface area contributed by atoms with Crippen LogP contribution in [0, 0.1) is 12.3 Å². The summed E-state index contributed by atoms with van der Waals surface area (Å²) in [6, 6.07) is 2.01. The number of carboxylic acid groups (broad SMARTS) is 1. The van der Waals surface area contributed by atoms with E-state index in [4.69, 9.17) is 5.11 Å². The zero-order valence-electron chi connectivity index (χ0n) is 10.4. The molecule has 0 aliphatic heterocycles. The molecule has 1 aromatic heterocycles. The quantitative estimate of drug-likeness (QED) is 0.860. The Kier molecular flexibility index (Phi) is 3.71. The summed E-state index contributed by atoms with van der Waals surface area (Å²) in [4.78, 5) is 24.1. The molecule has 0 bridgehead atoms. The molecule has 4 nitrogen and oxygen atoms in total. The average Bonchev–Trinajstić information content (AvgIpc) is 2.66. The van der Waals surface area contributed by atoms with Crippen molar-refractivity contribution < 1.29 is 14.7 Å². The zero-order valence-corrected chi connectivity index (χ0v) is 11.2. The van der Waals surface area contributed by atoms with Gasteiger partial charge in [-0.3, -0.25) is 9.59 Å². The van der Waals surface area contributed by atoms with E-state index in [0.717, 1.165) is 16.9 Å². The van der Waals surface area contributed by atoms with Crippen molar-refractivity contribution in [2.75, 3.05) is 0 Å². The zero-order chi connectivity index (χ0) is 13.2. The third-order valence-corrected chi connectivity index (χ3v) is 4.70. The molecule has 18 heavy (non-hydrogen) atoms. The lowest BCUT2D eigenvalue weighted by Gasteiger charge is -2.36. The fourth-order valence-corrected chi connectivity index (χ4v) is 3.05. The van der Waals surface area contributed by atoms with Crippen molar-refractivity contribution in [1.82, 2.24) is 5.32 Å². The summed E-state index contributed by atoms with van der Waals surface area (Å²) in [6.07, 6.45) is 2.25. The Morgan fingerprint density at radius 3 is 2.67 bits per heavy atom. The van der Waals surface area contributed by atoms with E-state index in [1.54, 1.807) is 11.3 Å². The third kappa shape index (κ3) is 2.56. The van der Waals surface area contributed by atoms with Crippen molar-refractivity contribution in [2.45, 2.75) is 39.2 Å². The maximum absolute atomic E-state index is 11.8. The van der Waals surface area contributed by atoms with Crippen molar-refractivity contribution in [1.29, 1.82) is 0 Å². The topological polar surface area (TPSA) is 66.4 Å². The Morgan fingerprint density at radius 1 is 1.50 bits per heavy atom. The fourth-order valence-electron chi connectivity index (χ4n) is 2.20. The first-order valence-electron chi connectivity index (χ1n) is 6.07. The van der Waals surface area contributed by atoms with E-state index in [1.807, 2.05) is 18.4 Å². The van der Waals surface area contributed by atoms with Gasteiger partial charge in [-0.05, 0) is 36.8 Å². The van der Waals surface area contributed by atoms with Crippen molar-refractivity contribution >= 4 is 23.2 Å². The Labute approximate surface area is 110 Å². The molecule has 0 spiro atoms. The number of carbonyl (C=O) groups excluding carboxylic acids is 1. The van der Waals surface area contributed by atoms with Gasteiger partial charge in [-0.25, -0.2) is 0 Å². The first-order chi connectivity index (χ1) is 8.53. The molecule has 0 unspecified atom stereocenters. The van der Waals surface area contributed by atoms with Crippen molar-refractivity contribution in [3.05, 3.63) is 21.9 Å². The monoisotopic (exact) mass is 267 g/mol. The SMILES string of the molecule is Cc1ccsc1CNC(=O)CC1(C(=O)O)CCC1. The lowest BCUT2D eigenvalue weighted by molar-refractivity contribution is -0.157. The highest BCUT2D eigenvalue weighted by Gasteiger charge is 2.45. The van der Waals surface area contributed by atoms with Gasteiger partial charge in [-0.1, -0.05) is 6.42 Å². The summed E-state index contributed by atoms with van der Waals surface area (Å²) in [5.41, 5.74) is 0.367. The van der Waals surface area contributed by atoms with Crippen molar-refractivity contribution in [3.8, 4) is 0 Å². The number of hydrogen-bond donors (Lipinski definition) is 2. The lowest BCUT2D eigenvalue weighted by Crippen LogP contribution is -2.42. The number of amides is 1. The Bertz CT molecular complexity index is 463. The molecule has 1 amide bonds. The number of nitrogens with one attached hydrogen (secondary N) is 1. The third-order valence-electron chi connectivity index (χ3n) is 3.68. The van der Waals surface area contributed by atoms with Crippen LogP contribution in [0.4, 0.5) is 0 Å². The van der Waals surface area contributed by atoms with Crippen molar-refractivity contribution in [2.24, 2.45) is 5.41 Å².